The van der Waals surface area contributed by atoms with Gasteiger partial charge in [0.15, 0.2) is 0 Å². The zero-order chi connectivity index (χ0) is 15.6. The van der Waals surface area contributed by atoms with E-state index in [9.17, 15) is 9.59 Å². The van der Waals surface area contributed by atoms with Crippen LogP contribution in [0.25, 0.3) is 0 Å². The Labute approximate surface area is 129 Å². The molecule has 21 heavy (non-hydrogen) atoms. The van der Waals surface area contributed by atoms with Gasteiger partial charge in [-0.3, -0.25) is 9.59 Å². The lowest BCUT2D eigenvalue weighted by Gasteiger charge is -2.38. The third kappa shape index (κ3) is 3.29. The maximum Gasteiger partial charge on any atom is 0.318 e. The number of hydrogen-bond acceptors (Lipinski definition) is 3. The molecule has 0 saturated carbocycles. The van der Waals surface area contributed by atoms with Crippen molar-refractivity contribution in [1.82, 2.24) is 4.90 Å². The van der Waals surface area contributed by atoms with Gasteiger partial charge in [0.25, 0.3) is 0 Å². The van der Waals surface area contributed by atoms with Crippen LogP contribution < -0.4 is 4.90 Å². The van der Waals surface area contributed by atoms with Crippen LogP contribution in [0.4, 0.5) is 5.69 Å². The third-order valence-corrected chi connectivity index (χ3v) is 4.08. The number of nitrogens with zero attached hydrogens (tertiary/aromatic N) is 2. The fourth-order valence-electron chi connectivity index (χ4n) is 2.31. The van der Waals surface area contributed by atoms with Crippen molar-refractivity contribution in [2.75, 3.05) is 31.1 Å². The molecule has 0 spiro atoms. The standard InChI is InChI=1S/C15H19ClN2O3/c1-15(2,14(20)21)13(19)18-9-7-17(8-10-18)12-5-3-11(16)4-6-12/h3-6H,7-10H2,1-2H3,(H,20,21). The number of aliphatic carboxylic acids is 1. The minimum absolute atomic E-state index is 0.328. The molecule has 1 heterocycles. The highest BCUT2D eigenvalue weighted by Gasteiger charge is 2.40. The third-order valence-electron chi connectivity index (χ3n) is 3.83. The van der Waals surface area contributed by atoms with Crippen molar-refractivity contribution in [1.29, 1.82) is 0 Å². The Morgan fingerprint density at radius 1 is 1.10 bits per heavy atom. The average Bonchev–Trinajstić information content (AvgIpc) is 2.47. The summed E-state index contributed by atoms with van der Waals surface area (Å²) in [5.41, 5.74) is -0.313. The number of anilines is 1. The number of carbonyl (C=O) groups is 2. The van der Waals surface area contributed by atoms with Gasteiger partial charge in [0.05, 0.1) is 0 Å². The Kier molecular flexibility index (Phi) is 4.42. The smallest absolute Gasteiger partial charge is 0.318 e. The Morgan fingerprint density at radius 3 is 2.10 bits per heavy atom. The fraction of sp³-hybridized carbons (Fsp3) is 0.467. The second-order valence-corrected chi connectivity index (χ2v) is 6.12. The number of hydrogen-bond donors (Lipinski definition) is 1. The van der Waals surface area contributed by atoms with E-state index in [0.717, 1.165) is 5.69 Å². The molecular weight excluding hydrogens is 292 g/mol. The summed E-state index contributed by atoms with van der Waals surface area (Å²) in [4.78, 5) is 27.2. The lowest BCUT2D eigenvalue weighted by atomic mass is 9.91. The topological polar surface area (TPSA) is 60.9 Å². The summed E-state index contributed by atoms with van der Waals surface area (Å²) >= 11 is 5.87. The van der Waals surface area contributed by atoms with Gasteiger partial charge in [0, 0.05) is 36.9 Å². The van der Waals surface area contributed by atoms with Crippen molar-refractivity contribution in [3.05, 3.63) is 29.3 Å². The molecule has 0 aliphatic carbocycles. The molecule has 1 fully saturated rings. The van der Waals surface area contributed by atoms with Crippen molar-refractivity contribution in [2.45, 2.75) is 13.8 Å². The number of carboxylic acid groups (broad SMARTS) is 1. The molecule has 1 N–H and O–H groups in total. The Morgan fingerprint density at radius 2 is 1.62 bits per heavy atom. The van der Waals surface area contributed by atoms with Crippen molar-refractivity contribution in [3.63, 3.8) is 0 Å². The average molecular weight is 311 g/mol. The highest BCUT2D eigenvalue weighted by atomic mass is 35.5. The molecule has 5 nitrogen and oxygen atoms in total. The first-order valence-corrected chi connectivity index (χ1v) is 7.23. The van der Waals surface area contributed by atoms with Gasteiger partial charge in [-0.15, -0.1) is 0 Å². The predicted octanol–water partition coefficient (Wildman–Crippen LogP) is 2.10. The van der Waals surface area contributed by atoms with Crippen LogP contribution in [-0.4, -0.2) is 48.1 Å². The highest BCUT2D eigenvalue weighted by molar-refractivity contribution is 6.30. The van der Waals surface area contributed by atoms with Crippen molar-refractivity contribution >= 4 is 29.2 Å². The zero-order valence-corrected chi connectivity index (χ0v) is 12.9. The summed E-state index contributed by atoms with van der Waals surface area (Å²) < 4.78 is 0. The van der Waals surface area contributed by atoms with Gasteiger partial charge < -0.3 is 14.9 Å². The van der Waals surface area contributed by atoms with E-state index in [1.54, 1.807) is 4.90 Å². The molecule has 2 rings (SSSR count). The second-order valence-electron chi connectivity index (χ2n) is 5.69. The monoisotopic (exact) mass is 310 g/mol. The SMILES string of the molecule is CC(C)(C(=O)O)C(=O)N1CCN(c2ccc(Cl)cc2)CC1. The lowest BCUT2D eigenvalue weighted by Crippen LogP contribution is -2.53. The first-order valence-electron chi connectivity index (χ1n) is 6.85. The summed E-state index contributed by atoms with van der Waals surface area (Å²) in [5, 5.41) is 9.82. The van der Waals surface area contributed by atoms with E-state index in [0.29, 0.717) is 31.2 Å². The van der Waals surface area contributed by atoms with Crippen molar-refractivity contribution < 1.29 is 14.7 Å². The number of rotatable bonds is 3. The molecule has 6 heteroatoms. The van der Waals surface area contributed by atoms with Gasteiger partial charge in [0.1, 0.15) is 5.41 Å². The number of carboxylic acids is 1. The minimum atomic E-state index is -1.37. The molecule has 114 valence electrons. The Balaban J connectivity index is 1.99. The van der Waals surface area contributed by atoms with Gasteiger partial charge in [-0.2, -0.15) is 0 Å². The summed E-state index contributed by atoms with van der Waals surface area (Å²) in [5.74, 6) is -1.42. The van der Waals surface area contributed by atoms with Crippen LogP contribution >= 0.6 is 11.6 Å². The van der Waals surface area contributed by atoms with E-state index in [2.05, 4.69) is 4.90 Å². The normalized spacial score (nSPS) is 16.0. The molecule has 0 aromatic heterocycles. The van der Waals surface area contributed by atoms with Crippen LogP contribution in [-0.2, 0) is 9.59 Å². The first kappa shape index (κ1) is 15.6. The number of benzene rings is 1. The van der Waals surface area contributed by atoms with Gasteiger partial charge in [-0.25, -0.2) is 0 Å². The number of amides is 1. The second kappa shape index (κ2) is 5.93. The molecule has 1 saturated heterocycles. The maximum absolute atomic E-state index is 12.3. The highest BCUT2D eigenvalue weighted by Crippen LogP contribution is 2.23. The quantitative estimate of drug-likeness (QED) is 0.869. The summed E-state index contributed by atoms with van der Waals surface area (Å²) in [6.07, 6.45) is 0. The number of carbonyl (C=O) groups excluding carboxylic acids is 1. The molecule has 0 radical (unpaired) electrons. The van der Waals surface area contributed by atoms with Gasteiger partial charge in [-0.1, -0.05) is 11.6 Å². The van der Waals surface area contributed by atoms with Crippen LogP contribution in [0.15, 0.2) is 24.3 Å². The van der Waals surface area contributed by atoms with Crippen LogP contribution in [0, 0.1) is 5.41 Å². The van der Waals surface area contributed by atoms with E-state index in [-0.39, 0.29) is 5.91 Å². The molecule has 1 aliphatic rings. The fourth-order valence-corrected chi connectivity index (χ4v) is 2.43. The maximum atomic E-state index is 12.3. The predicted molar refractivity (Wildman–Crippen MR) is 81.7 cm³/mol. The summed E-state index contributed by atoms with van der Waals surface area (Å²) in [7, 11) is 0. The molecule has 1 aliphatic heterocycles. The molecule has 1 aromatic rings. The minimum Gasteiger partial charge on any atom is -0.480 e. The summed E-state index contributed by atoms with van der Waals surface area (Å²) in [6.45, 7) is 5.31. The number of piperazine rings is 1. The zero-order valence-electron chi connectivity index (χ0n) is 12.2. The largest absolute Gasteiger partial charge is 0.480 e. The van der Waals surface area contributed by atoms with Crippen molar-refractivity contribution in [2.24, 2.45) is 5.41 Å². The van der Waals surface area contributed by atoms with E-state index >= 15 is 0 Å². The van der Waals surface area contributed by atoms with Crippen molar-refractivity contribution in [3.8, 4) is 0 Å². The van der Waals surface area contributed by atoms with Gasteiger partial charge >= 0.3 is 5.97 Å². The lowest BCUT2D eigenvalue weighted by molar-refractivity contribution is -0.158. The summed E-state index contributed by atoms with van der Waals surface area (Å²) in [6, 6.07) is 7.56. The van der Waals surface area contributed by atoms with E-state index < -0.39 is 11.4 Å². The molecule has 0 bridgehead atoms. The Hall–Kier alpha value is -1.75. The van der Waals surface area contributed by atoms with Crippen LogP contribution in [0.1, 0.15) is 13.8 Å². The molecular formula is C15H19ClN2O3. The van der Waals surface area contributed by atoms with E-state index in [1.807, 2.05) is 24.3 Å². The number of halogens is 1. The van der Waals surface area contributed by atoms with Crippen LogP contribution in [0.2, 0.25) is 5.02 Å². The molecule has 0 atom stereocenters. The van der Waals surface area contributed by atoms with E-state index in [1.165, 1.54) is 13.8 Å². The molecule has 0 unspecified atom stereocenters. The Bertz CT molecular complexity index is 534. The molecule has 1 aromatic carbocycles. The van der Waals surface area contributed by atoms with Crippen LogP contribution in [0.5, 0.6) is 0 Å². The molecule has 1 amide bonds. The van der Waals surface area contributed by atoms with E-state index in [4.69, 9.17) is 16.7 Å². The van der Waals surface area contributed by atoms with Crippen LogP contribution in [0.3, 0.4) is 0 Å². The first-order chi connectivity index (χ1) is 9.82. The van der Waals surface area contributed by atoms with Gasteiger partial charge in [-0.05, 0) is 38.1 Å². The van der Waals surface area contributed by atoms with Gasteiger partial charge in [0.2, 0.25) is 5.91 Å².